The van der Waals surface area contributed by atoms with Crippen LogP contribution >= 0.6 is 23.2 Å². The third-order valence-corrected chi connectivity index (χ3v) is 3.39. The van der Waals surface area contributed by atoms with Crippen molar-refractivity contribution < 1.29 is 0 Å². The second kappa shape index (κ2) is 5.93. The van der Waals surface area contributed by atoms with Crippen molar-refractivity contribution in [2.24, 2.45) is 5.41 Å². The summed E-state index contributed by atoms with van der Waals surface area (Å²) in [4.78, 5) is 0. The summed E-state index contributed by atoms with van der Waals surface area (Å²) in [5.41, 5.74) is 1.67. The minimum atomic E-state index is 0.372. The van der Waals surface area contributed by atoms with Crippen molar-refractivity contribution in [1.29, 1.82) is 0 Å². The van der Waals surface area contributed by atoms with Crippen LogP contribution in [0.3, 0.4) is 0 Å². The second-order valence-corrected chi connectivity index (χ2v) is 6.25. The molecule has 1 rings (SSSR count). The molecule has 0 saturated heterocycles. The van der Waals surface area contributed by atoms with E-state index in [1.54, 1.807) is 0 Å². The van der Waals surface area contributed by atoms with Crippen LogP contribution in [0.5, 0.6) is 0 Å². The van der Waals surface area contributed by atoms with Crippen molar-refractivity contribution >= 4 is 23.2 Å². The second-order valence-electron chi connectivity index (χ2n) is 5.50. The van der Waals surface area contributed by atoms with Gasteiger partial charge in [-0.05, 0) is 41.9 Å². The van der Waals surface area contributed by atoms with Crippen LogP contribution in [0.4, 0.5) is 0 Å². The van der Waals surface area contributed by atoms with Gasteiger partial charge in [0.2, 0.25) is 0 Å². The molecule has 0 aliphatic heterocycles. The average Bonchev–Trinajstić information content (AvgIpc) is 2.20. The smallest absolute Gasteiger partial charge is 0.0406 e. The van der Waals surface area contributed by atoms with Gasteiger partial charge in [0, 0.05) is 10.9 Å². The van der Waals surface area contributed by atoms with Crippen molar-refractivity contribution in [3.63, 3.8) is 0 Å². The summed E-state index contributed by atoms with van der Waals surface area (Å²) in [5, 5.41) is 0.785. The highest BCUT2D eigenvalue weighted by Gasteiger charge is 2.16. The lowest BCUT2D eigenvalue weighted by molar-refractivity contribution is 0.353. The Morgan fingerprint density at radius 2 is 1.69 bits per heavy atom. The zero-order valence-electron chi connectivity index (χ0n) is 10.3. The Kier molecular flexibility index (Phi) is 5.14. The molecule has 0 aromatic heterocycles. The lowest BCUT2D eigenvalue weighted by atomic mass is 9.85. The largest absolute Gasteiger partial charge is 0.126 e. The van der Waals surface area contributed by atoms with E-state index in [0.717, 1.165) is 11.4 Å². The van der Waals surface area contributed by atoms with Crippen LogP contribution in [0.2, 0.25) is 5.02 Å². The molecule has 0 N–H and O–H groups in total. The molecule has 0 aliphatic carbocycles. The van der Waals surface area contributed by atoms with Gasteiger partial charge >= 0.3 is 0 Å². The van der Waals surface area contributed by atoms with Crippen LogP contribution in [0, 0.1) is 5.41 Å². The zero-order valence-corrected chi connectivity index (χ0v) is 11.8. The van der Waals surface area contributed by atoms with Gasteiger partial charge in [-0.15, -0.1) is 11.6 Å². The summed E-state index contributed by atoms with van der Waals surface area (Å²) in [7, 11) is 0. The molecule has 90 valence electrons. The van der Waals surface area contributed by atoms with E-state index in [2.05, 4.69) is 32.9 Å². The van der Waals surface area contributed by atoms with Crippen molar-refractivity contribution in [2.45, 2.75) is 39.5 Å². The first-order valence-corrected chi connectivity index (χ1v) is 6.65. The Morgan fingerprint density at radius 3 is 2.12 bits per heavy atom. The lowest BCUT2D eigenvalue weighted by Crippen LogP contribution is -2.09. The van der Waals surface area contributed by atoms with Crippen LogP contribution in [0.1, 0.15) is 45.1 Å². The molecule has 0 bridgehead atoms. The molecular formula is C14H20Cl2. The van der Waals surface area contributed by atoms with Crippen LogP contribution in [0.25, 0.3) is 0 Å². The van der Waals surface area contributed by atoms with Crippen LogP contribution < -0.4 is 0 Å². The molecule has 0 amide bonds. The Bertz CT molecular complexity index is 309. The van der Waals surface area contributed by atoms with Crippen molar-refractivity contribution in [1.82, 2.24) is 0 Å². The fourth-order valence-electron chi connectivity index (χ4n) is 1.68. The molecule has 1 aromatic carbocycles. The standard InChI is InChI=1S/C14H20Cl2/c1-14(2,3)9-8-12(10-15)11-4-6-13(16)7-5-11/h4-7,12H,8-10H2,1-3H3. The van der Waals surface area contributed by atoms with E-state index in [1.165, 1.54) is 12.0 Å². The quantitative estimate of drug-likeness (QED) is 0.627. The predicted octanol–water partition coefficient (Wildman–Crippen LogP) is 5.49. The van der Waals surface area contributed by atoms with E-state index in [1.807, 2.05) is 12.1 Å². The van der Waals surface area contributed by atoms with E-state index in [-0.39, 0.29) is 0 Å². The van der Waals surface area contributed by atoms with Crippen molar-refractivity contribution in [3.05, 3.63) is 34.9 Å². The Balaban J connectivity index is 2.64. The minimum absolute atomic E-state index is 0.372. The predicted molar refractivity (Wildman–Crippen MR) is 73.6 cm³/mol. The summed E-state index contributed by atoms with van der Waals surface area (Å²) < 4.78 is 0. The van der Waals surface area contributed by atoms with Crippen LogP contribution in [-0.4, -0.2) is 5.88 Å². The summed E-state index contributed by atoms with van der Waals surface area (Å²) in [6.45, 7) is 6.79. The van der Waals surface area contributed by atoms with Gasteiger partial charge in [-0.25, -0.2) is 0 Å². The Hall–Kier alpha value is -0.200. The van der Waals surface area contributed by atoms with Crippen molar-refractivity contribution in [3.8, 4) is 0 Å². The SMILES string of the molecule is CC(C)(C)CCC(CCl)c1ccc(Cl)cc1. The maximum absolute atomic E-state index is 6.04. The molecule has 1 aromatic rings. The summed E-state index contributed by atoms with van der Waals surface area (Å²) in [5.74, 6) is 1.12. The number of halogens is 2. The molecule has 0 saturated carbocycles. The van der Waals surface area contributed by atoms with Crippen LogP contribution in [0.15, 0.2) is 24.3 Å². The number of rotatable bonds is 4. The molecule has 0 radical (unpaired) electrons. The maximum atomic E-state index is 6.04. The fourth-order valence-corrected chi connectivity index (χ4v) is 2.13. The lowest BCUT2D eigenvalue weighted by Gasteiger charge is -2.22. The molecule has 0 spiro atoms. The fraction of sp³-hybridized carbons (Fsp3) is 0.571. The van der Waals surface area contributed by atoms with E-state index in [9.17, 15) is 0 Å². The van der Waals surface area contributed by atoms with Gasteiger partial charge in [0.15, 0.2) is 0 Å². The molecule has 16 heavy (non-hydrogen) atoms. The summed E-state index contributed by atoms with van der Waals surface area (Å²) in [6.07, 6.45) is 2.32. The van der Waals surface area contributed by atoms with Gasteiger partial charge in [0.1, 0.15) is 0 Å². The molecule has 1 unspecified atom stereocenters. The monoisotopic (exact) mass is 258 g/mol. The van der Waals surface area contributed by atoms with Gasteiger partial charge in [0.25, 0.3) is 0 Å². The van der Waals surface area contributed by atoms with Gasteiger partial charge in [-0.2, -0.15) is 0 Å². The summed E-state index contributed by atoms with van der Waals surface area (Å²) >= 11 is 11.9. The highest BCUT2D eigenvalue weighted by molar-refractivity contribution is 6.30. The highest BCUT2D eigenvalue weighted by Crippen LogP contribution is 2.30. The minimum Gasteiger partial charge on any atom is -0.126 e. The average molecular weight is 259 g/mol. The molecule has 0 heterocycles. The molecular weight excluding hydrogens is 239 g/mol. The van der Waals surface area contributed by atoms with Crippen LogP contribution in [-0.2, 0) is 0 Å². The number of benzene rings is 1. The Morgan fingerprint density at radius 1 is 1.12 bits per heavy atom. The first kappa shape index (κ1) is 13.9. The molecule has 0 aliphatic rings. The first-order chi connectivity index (χ1) is 7.42. The molecule has 0 nitrogen and oxygen atoms in total. The summed E-state index contributed by atoms with van der Waals surface area (Å²) in [6, 6.07) is 8.04. The van der Waals surface area contributed by atoms with E-state index >= 15 is 0 Å². The van der Waals surface area contributed by atoms with Crippen molar-refractivity contribution in [2.75, 3.05) is 5.88 Å². The van der Waals surface area contributed by atoms with Gasteiger partial charge in [-0.3, -0.25) is 0 Å². The molecule has 0 fully saturated rings. The van der Waals surface area contributed by atoms with E-state index < -0.39 is 0 Å². The third kappa shape index (κ3) is 4.76. The first-order valence-electron chi connectivity index (χ1n) is 5.74. The molecule has 1 atom stereocenters. The van der Waals surface area contributed by atoms with E-state index in [4.69, 9.17) is 23.2 Å². The normalized spacial score (nSPS) is 13.8. The molecule has 2 heteroatoms. The van der Waals surface area contributed by atoms with Gasteiger partial charge < -0.3 is 0 Å². The maximum Gasteiger partial charge on any atom is 0.0406 e. The Labute approximate surface area is 109 Å². The topological polar surface area (TPSA) is 0 Å². The van der Waals surface area contributed by atoms with Gasteiger partial charge in [-0.1, -0.05) is 44.5 Å². The number of alkyl halides is 1. The third-order valence-electron chi connectivity index (χ3n) is 2.77. The number of hydrogen-bond acceptors (Lipinski definition) is 0. The highest BCUT2D eigenvalue weighted by atomic mass is 35.5. The van der Waals surface area contributed by atoms with Gasteiger partial charge in [0.05, 0.1) is 0 Å². The zero-order chi connectivity index (χ0) is 12.2. The number of hydrogen-bond donors (Lipinski definition) is 0. The van der Waals surface area contributed by atoms with E-state index in [0.29, 0.717) is 17.2 Å².